The van der Waals surface area contributed by atoms with Crippen LogP contribution in [0.3, 0.4) is 0 Å². The molecular weight excluding hydrogens is 172 g/mol. The van der Waals surface area contributed by atoms with E-state index < -0.39 is 0 Å². The molecular formula is C13H20O. The van der Waals surface area contributed by atoms with Crippen LogP contribution in [0.2, 0.25) is 0 Å². The fourth-order valence-electron chi connectivity index (χ4n) is 1.68. The molecule has 0 aliphatic heterocycles. The van der Waals surface area contributed by atoms with Gasteiger partial charge >= 0.3 is 0 Å². The third-order valence-corrected chi connectivity index (χ3v) is 2.85. The Kier molecular flexibility index (Phi) is 3.70. The van der Waals surface area contributed by atoms with Gasteiger partial charge in [0.05, 0.1) is 0 Å². The fourth-order valence-corrected chi connectivity index (χ4v) is 1.68. The zero-order valence-electron chi connectivity index (χ0n) is 9.59. The number of hydrogen-bond donors (Lipinski definition) is 1. The lowest BCUT2D eigenvalue weighted by Crippen LogP contribution is -1.99. The first-order valence-corrected chi connectivity index (χ1v) is 5.27. The predicted molar refractivity (Wildman–Crippen MR) is 60.8 cm³/mol. The smallest absolute Gasteiger partial charge is 0.0471 e. The van der Waals surface area contributed by atoms with E-state index in [1.165, 1.54) is 22.3 Å². The second-order valence-corrected chi connectivity index (χ2v) is 4.25. The van der Waals surface area contributed by atoms with Crippen LogP contribution >= 0.6 is 0 Å². The van der Waals surface area contributed by atoms with Gasteiger partial charge in [-0.3, -0.25) is 0 Å². The third-order valence-electron chi connectivity index (χ3n) is 2.85. The van der Waals surface area contributed by atoms with E-state index in [-0.39, 0.29) is 6.61 Å². The van der Waals surface area contributed by atoms with Crippen molar-refractivity contribution in [3.05, 3.63) is 34.4 Å². The van der Waals surface area contributed by atoms with E-state index in [2.05, 4.69) is 39.8 Å². The summed E-state index contributed by atoms with van der Waals surface area (Å²) in [5, 5.41) is 8.96. The van der Waals surface area contributed by atoms with Gasteiger partial charge in [-0.25, -0.2) is 0 Å². The van der Waals surface area contributed by atoms with Gasteiger partial charge in [0.25, 0.3) is 0 Å². The summed E-state index contributed by atoms with van der Waals surface area (Å²) in [6.45, 7) is 8.91. The van der Waals surface area contributed by atoms with Crippen LogP contribution in [-0.4, -0.2) is 11.7 Å². The van der Waals surface area contributed by atoms with Gasteiger partial charge in [-0.1, -0.05) is 26.0 Å². The molecule has 0 amide bonds. The molecule has 1 heteroatoms. The summed E-state index contributed by atoms with van der Waals surface area (Å²) in [6.07, 6.45) is 0.771. The van der Waals surface area contributed by atoms with Crippen molar-refractivity contribution in [1.29, 1.82) is 0 Å². The maximum absolute atomic E-state index is 8.96. The van der Waals surface area contributed by atoms with E-state index in [0.29, 0.717) is 5.92 Å². The molecule has 0 saturated heterocycles. The molecule has 14 heavy (non-hydrogen) atoms. The molecule has 1 aromatic carbocycles. The summed E-state index contributed by atoms with van der Waals surface area (Å²) in [4.78, 5) is 0. The van der Waals surface area contributed by atoms with E-state index in [4.69, 9.17) is 5.11 Å². The summed E-state index contributed by atoms with van der Waals surface area (Å²) in [6, 6.07) is 4.48. The quantitative estimate of drug-likeness (QED) is 0.780. The second kappa shape index (κ2) is 4.61. The van der Waals surface area contributed by atoms with Gasteiger partial charge in [-0.2, -0.15) is 0 Å². The van der Waals surface area contributed by atoms with Gasteiger partial charge in [0, 0.05) is 6.61 Å². The first-order valence-electron chi connectivity index (χ1n) is 5.27. The van der Waals surface area contributed by atoms with Gasteiger partial charge in [0.15, 0.2) is 0 Å². The average molecular weight is 192 g/mol. The van der Waals surface area contributed by atoms with E-state index in [1.807, 2.05) is 0 Å². The molecule has 0 radical (unpaired) electrons. The van der Waals surface area contributed by atoms with Crippen molar-refractivity contribution in [3.8, 4) is 0 Å². The second-order valence-electron chi connectivity index (χ2n) is 4.25. The standard InChI is InChI=1S/C13H20O/c1-9(2)13-7-10(3)11(4)12(8-13)5-6-14/h7-9,14H,5-6H2,1-4H3. The van der Waals surface area contributed by atoms with E-state index in [0.717, 1.165) is 6.42 Å². The van der Waals surface area contributed by atoms with E-state index in [1.54, 1.807) is 0 Å². The molecule has 0 saturated carbocycles. The Hall–Kier alpha value is -0.820. The highest BCUT2D eigenvalue weighted by Crippen LogP contribution is 2.22. The molecule has 1 N–H and O–H groups in total. The molecule has 0 aliphatic rings. The number of hydrogen-bond acceptors (Lipinski definition) is 1. The van der Waals surface area contributed by atoms with Crippen molar-refractivity contribution >= 4 is 0 Å². The summed E-state index contributed by atoms with van der Waals surface area (Å²) in [5.41, 5.74) is 5.32. The van der Waals surface area contributed by atoms with Crippen LogP contribution in [0.5, 0.6) is 0 Å². The molecule has 1 nitrogen and oxygen atoms in total. The molecule has 0 aromatic heterocycles. The number of benzene rings is 1. The van der Waals surface area contributed by atoms with Crippen LogP contribution in [0.4, 0.5) is 0 Å². The topological polar surface area (TPSA) is 20.2 Å². The first-order chi connectivity index (χ1) is 6.56. The Morgan fingerprint density at radius 2 is 1.86 bits per heavy atom. The van der Waals surface area contributed by atoms with Crippen molar-refractivity contribution in [2.75, 3.05) is 6.61 Å². The fraction of sp³-hybridized carbons (Fsp3) is 0.538. The van der Waals surface area contributed by atoms with Gasteiger partial charge in [-0.05, 0) is 48.4 Å². The minimum absolute atomic E-state index is 0.238. The van der Waals surface area contributed by atoms with Crippen LogP contribution in [-0.2, 0) is 6.42 Å². The molecule has 0 atom stereocenters. The van der Waals surface area contributed by atoms with Crippen molar-refractivity contribution in [2.45, 2.75) is 40.0 Å². The van der Waals surface area contributed by atoms with Crippen LogP contribution in [0.15, 0.2) is 12.1 Å². The van der Waals surface area contributed by atoms with Crippen molar-refractivity contribution in [3.63, 3.8) is 0 Å². The van der Waals surface area contributed by atoms with Crippen LogP contribution in [0.1, 0.15) is 42.0 Å². The van der Waals surface area contributed by atoms with Crippen molar-refractivity contribution in [1.82, 2.24) is 0 Å². The highest BCUT2D eigenvalue weighted by Gasteiger charge is 2.06. The van der Waals surface area contributed by atoms with E-state index in [9.17, 15) is 0 Å². The minimum Gasteiger partial charge on any atom is -0.396 e. The Balaban J connectivity index is 3.14. The van der Waals surface area contributed by atoms with Crippen LogP contribution in [0.25, 0.3) is 0 Å². The number of rotatable bonds is 3. The highest BCUT2D eigenvalue weighted by atomic mass is 16.2. The summed E-state index contributed by atoms with van der Waals surface area (Å²) >= 11 is 0. The SMILES string of the molecule is Cc1cc(C(C)C)cc(CCO)c1C. The minimum atomic E-state index is 0.238. The lowest BCUT2D eigenvalue weighted by molar-refractivity contribution is 0.299. The normalized spacial score (nSPS) is 11.0. The molecule has 0 aliphatic carbocycles. The van der Waals surface area contributed by atoms with Gasteiger partial charge in [0.1, 0.15) is 0 Å². The van der Waals surface area contributed by atoms with Crippen LogP contribution < -0.4 is 0 Å². The molecule has 0 spiro atoms. The van der Waals surface area contributed by atoms with E-state index >= 15 is 0 Å². The van der Waals surface area contributed by atoms with Gasteiger partial charge in [-0.15, -0.1) is 0 Å². The molecule has 1 aromatic rings. The maximum Gasteiger partial charge on any atom is 0.0471 e. The van der Waals surface area contributed by atoms with Crippen molar-refractivity contribution in [2.24, 2.45) is 0 Å². The highest BCUT2D eigenvalue weighted by molar-refractivity contribution is 5.39. The van der Waals surface area contributed by atoms with Crippen molar-refractivity contribution < 1.29 is 5.11 Å². The Morgan fingerprint density at radius 3 is 2.36 bits per heavy atom. The summed E-state index contributed by atoms with van der Waals surface area (Å²) in [7, 11) is 0. The largest absolute Gasteiger partial charge is 0.396 e. The lowest BCUT2D eigenvalue weighted by Gasteiger charge is -2.13. The average Bonchev–Trinajstić information content (AvgIpc) is 2.12. The monoisotopic (exact) mass is 192 g/mol. The zero-order chi connectivity index (χ0) is 10.7. The Bertz CT molecular complexity index is 313. The summed E-state index contributed by atoms with van der Waals surface area (Å²) in [5.74, 6) is 0.562. The maximum atomic E-state index is 8.96. The number of aliphatic hydroxyl groups excluding tert-OH is 1. The first kappa shape index (κ1) is 11.3. The third kappa shape index (κ3) is 2.36. The number of aliphatic hydroxyl groups is 1. The van der Waals surface area contributed by atoms with Gasteiger partial charge in [0.2, 0.25) is 0 Å². The molecule has 78 valence electrons. The summed E-state index contributed by atoms with van der Waals surface area (Å²) < 4.78 is 0. The zero-order valence-corrected chi connectivity index (χ0v) is 9.59. The molecule has 1 rings (SSSR count). The molecule has 0 bridgehead atoms. The predicted octanol–water partition coefficient (Wildman–Crippen LogP) is 2.96. The van der Waals surface area contributed by atoms with Gasteiger partial charge < -0.3 is 5.11 Å². The Labute approximate surface area is 86.8 Å². The number of aryl methyl sites for hydroxylation is 1. The molecule has 0 unspecified atom stereocenters. The van der Waals surface area contributed by atoms with Crippen LogP contribution in [0, 0.1) is 13.8 Å². The Morgan fingerprint density at radius 1 is 1.21 bits per heavy atom. The lowest BCUT2D eigenvalue weighted by atomic mass is 9.93. The molecule has 0 heterocycles. The molecule has 0 fully saturated rings.